The minimum Gasteiger partial charge on any atom is -0.316 e. The molecule has 0 aliphatic rings. The van der Waals surface area contributed by atoms with Gasteiger partial charge in [0, 0.05) is 6.54 Å². The third-order valence-electron chi connectivity index (χ3n) is 3.97. The lowest BCUT2D eigenvalue weighted by atomic mass is 10.2. The van der Waals surface area contributed by atoms with Crippen molar-refractivity contribution in [3.63, 3.8) is 0 Å². The molecule has 156 valence electrons. The summed E-state index contributed by atoms with van der Waals surface area (Å²) in [5.74, 6) is -0.218. The van der Waals surface area contributed by atoms with Gasteiger partial charge in [-0.15, -0.1) is 0 Å². The zero-order valence-electron chi connectivity index (χ0n) is 17.0. The van der Waals surface area contributed by atoms with E-state index in [1.165, 1.54) is 25.7 Å². The van der Waals surface area contributed by atoms with Crippen molar-refractivity contribution in [1.82, 2.24) is 5.32 Å². The maximum absolute atomic E-state index is 10.5. The van der Waals surface area contributed by atoms with E-state index in [1.807, 2.05) is 0 Å². The van der Waals surface area contributed by atoms with E-state index in [0.717, 1.165) is 45.1 Å². The lowest BCUT2D eigenvalue weighted by Gasteiger charge is -2.01. The Hall–Kier alpha value is -1.17. The summed E-state index contributed by atoms with van der Waals surface area (Å²) in [4.78, 5) is 0. The maximum atomic E-state index is 10.5. The third-order valence-corrected chi connectivity index (χ3v) is 4.69. The highest BCUT2D eigenvalue weighted by atomic mass is 32.2. The molecule has 0 saturated heterocycles. The van der Waals surface area contributed by atoms with Crippen LogP contribution in [0.2, 0.25) is 0 Å². The molecule has 0 fully saturated rings. The largest absolute Gasteiger partial charge is 0.316 e. The Bertz CT molecular complexity index is 534. The molecular formula is C22H39NO3S. The molecule has 0 spiro atoms. The smallest absolute Gasteiger partial charge is 0.266 e. The summed E-state index contributed by atoms with van der Waals surface area (Å²) in [5, 5.41) is 3.01. The van der Waals surface area contributed by atoms with Crippen molar-refractivity contribution in [3.05, 3.63) is 48.6 Å². The van der Waals surface area contributed by atoms with Gasteiger partial charge in [0.2, 0.25) is 0 Å². The Kier molecular flexibility index (Phi) is 18.7. The van der Waals surface area contributed by atoms with Crippen LogP contribution in [-0.4, -0.2) is 31.8 Å². The Morgan fingerprint density at radius 2 is 1.19 bits per heavy atom. The first-order chi connectivity index (χ1) is 13.1. The van der Waals surface area contributed by atoms with Gasteiger partial charge in [-0.3, -0.25) is 4.55 Å². The highest BCUT2D eigenvalue weighted by Crippen LogP contribution is 2.01. The van der Waals surface area contributed by atoms with Crippen LogP contribution in [-0.2, 0) is 10.1 Å². The minimum atomic E-state index is -3.84. The van der Waals surface area contributed by atoms with Crippen LogP contribution in [0, 0.1) is 0 Å². The van der Waals surface area contributed by atoms with E-state index in [4.69, 9.17) is 4.55 Å². The molecule has 0 saturated carbocycles. The number of allylic oxidation sites excluding steroid dienone is 8. The molecular weight excluding hydrogens is 358 g/mol. The molecule has 4 nitrogen and oxygen atoms in total. The zero-order chi connectivity index (χ0) is 20.1. The normalized spacial score (nSPS) is 13.1. The van der Waals surface area contributed by atoms with Crippen LogP contribution in [0.3, 0.4) is 0 Å². The van der Waals surface area contributed by atoms with Crippen LogP contribution in [0.4, 0.5) is 0 Å². The van der Waals surface area contributed by atoms with Gasteiger partial charge in [0.15, 0.2) is 0 Å². The molecule has 0 amide bonds. The molecule has 0 aromatic carbocycles. The Morgan fingerprint density at radius 1 is 0.704 bits per heavy atom. The summed E-state index contributed by atoms with van der Waals surface area (Å²) in [5.41, 5.74) is 0. The van der Waals surface area contributed by atoms with Gasteiger partial charge >= 0.3 is 0 Å². The highest BCUT2D eigenvalue weighted by Gasteiger charge is 2.01. The molecule has 0 aliphatic heterocycles. The molecule has 0 aliphatic carbocycles. The number of unbranched alkanes of at least 4 members (excludes halogenated alkanes) is 5. The lowest BCUT2D eigenvalue weighted by molar-refractivity contribution is 0.480. The number of hydrogen-bond donors (Lipinski definition) is 2. The summed E-state index contributed by atoms with van der Waals surface area (Å²) in [6, 6.07) is 0. The Balaban J connectivity index is 3.39. The zero-order valence-corrected chi connectivity index (χ0v) is 17.8. The van der Waals surface area contributed by atoms with Crippen molar-refractivity contribution < 1.29 is 13.0 Å². The molecule has 0 heterocycles. The first-order valence-corrected chi connectivity index (χ1v) is 11.9. The second-order valence-electron chi connectivity index (χ2n) is 6.62. The molecule has 0 atom stereocenters. The topological polar surface area (TPSA) is 66.4 Å². The Labute approximate surface area is 167 Å². The summed E-state index contributed by atoms with van der Waals surface area (Å²) in [6.07, 6.45) is 29.0. The average molecular weight is 398 g/mol. The fraction of sp³-hybridized carbons (Fsp3) is 0.636. The highest BCUT2D eigenvalue weighted by molar-refractivity contribution is 7.85. The van der Waals surface area contributed by atoms with Crippen LogP contribution in [0.25, 0.3) is 0 Å². The standard InChI is InChI=1S/C22H39NO3S/c1-2-3-4-5-6-7-8-9-10-11-12-13-14-15-16-17-18-19-20-23-21-22-27(24,25)26/h6-7,9-10,12-13,15-16,23H,2-5,8,11,14,17-22H2,1H3,(H,24,25,26). The summed E-state index contributed by atoms with van der Waals surface area (Å²) in [6.45, 7) is 3.32. The molecule has 0 aromatic rings. The van der Waals surface area contributed by atoms with Crippen molar-refractivity contribution in [3.8, 4) is 0 Å². The molecule has 27 heavy (non-hydrogen) atoms. The van der Waals surface area contributed by atoms with Gasteiger partial charge < -0.3 is 5.32 Å². The maximum Gasteiger partial charge on any atom is 0.266 e. The predicted octanol–water partition coefficient (Wildman–Crippen LogP) is 5.61. The van der Waals surface area contributed by atoms with Crippen molar-refractivity contribution >= 4 is 10.1 Å². The van der Waals surface area contributed by atoms with Crippen molar-refractivity contribution in [1.29, 1.82) is 0 Å². The van der Waals surface area contributed by atoms with Gasteiger partial charge in [-0.05, 0) is 57.9 Å². The van der Waals surface area contributed by atoms with Gasteiger partial charge in [-0.25, -0.2) is 0 Å². The van der Waals surface area contributed by atoms with Gasteiger partial charge in [0.25, 0.3) is 10.1 Å². The molecule has 5 heteroatoms. The lowest BCUT2D eigenvalue weighted by Crippen LogP contribution is -2.23. The number of nitrogens with one attached hydrogen (secondary N) is 1. The van der Waals surface area contributed by atoms with Crippen LogP contribution in [0.5, 0.6) is 0 Å². The first kappa shape index (κ1) is 25.8. The van der Waals surface area contributed by atoms with E-state index in [0.29, 0.717) is 6.54 Å². The van der Waals surface area contributed by atoms with Crippen molar-refractivity contribution in [2.75, 3.05) is 18.8 Å². The number of hydrogen-bond acceptors (Lipinski definition) is 3. The van der Waals surface area contributed by atoms with E-state index in [1.54, 1.807) is 0 Å². The van der Waals surface area contributed by atoms with E-state index < -0.39 is 10.1 Å². The molecule has 0 aromatic heterocycles. The van der Waals surface area contributed by atoms with Crippen molar-refractivity contribution in [2.45, 2.75) is 71.1 Å². The van der Waals surface area contributed by atoms with E-state index in [2.05, 4.69) is 60.8 Å². The average Bonchev–Trinajstić information content (AvgIpc) is 2.62. The minimum absolute atomic E-state index is 0.218. The van der Waals surface area contributed by atoms with E-state index in [-0.39, 0.29) is 5.75 Å². The van der Waals surface area contributed by atoms with E-state index >= 15 is 0 Å². The molecule has 0 rings (SSSR count). The molecule has 0 radical (unpaired) electrons. The quantitative estimate of drug-likeness (QED) is 0.179. The third kappa shape index (κ3) is 24.8. The van der Waals surface area contributed by atoms with Gasteiger partial charge in [-0.2, -0.15) is 8.42 Å². The van der Waals surface area contributed by atoms with Crippen LogP contribution in [0.1, 0.15) is 71.1 Å². The second kappa shape index (κ2) is 19.6. The fourth-order valence-electron chi connectivity index (χ4n) is 2.40. The summed E-state index contributed by atoms with van der Waals surface area (Å²) in [7, 11) is -3.84. The molecule has 0 unspecified atom stereocenters. The second-order valence-corrected chi connectivity index (χ2v) is 8.19. The predicted molar refractivity (Wildman–Crippen MR) is 118 cm³/mol. The molecule has 2 N–H and O–H groups in total. The first-order valence-electron chi connectivity index (χ1n) is 10.3. The van der Waals surface area contributed by atoms with Gasteiger partial charge in [-0.1, -0.05) is 68.4 Å². The SMILES string of the molecule is CCCCCC=CCC=CCC=CCC=CCCCCNCCS(=O)(=O)O. The van der Waals surface area contributed by atoms with E-state index in [9.17, 15) is 8.42 Å². The van der Waals surface area contributed by atoms with Gasteiger partial charge in [0.05, 0.1) is 5.75 Å². The van der Waals surface area contributed by atoms with Crippen molar-refractivity contribution in [2.24, 2.45) is 0 Å². The van der Waals surface area contributed by atoms with Crippen LogP contribution >= 0.6 is 0 Å². The van der Waals surface area contributed by atoms with Crippen LogP contribution in [0.15, 0.2) is 48.6 Å². The monoisotopic (exact) mass is 397 g/mol. The molecule has 0 bridgehead atoms. The van der Waals surface area contributed by atoms with Gasteiger partial charge in [0.1, 0.15) is 0 Å². The number of rotatable bonds is 18. The summed E-state index contributed by atoms with van der Waals surface area (Å²) >= 11 is 0. The van der Waals surface area contributed by atoms with Crippen LogP contribution < -0.4 is 5.32 Å². The summed E-state index contributed by atoms with van der Waals surface area (Å²) < 4.78 is 29.6. The fourth-order valence-corrected chi connectivity index (χ4v) is 2.80. The Morgan fingerprint density at radius 3 is 1.67 bits per heavy atom.